The maximum absolute atomic E-state index is 11.9. The Morgan fingerprint density at radius 3 is 2.28 bits per heavy atom. The summed E-state index contributed by atoms with van der Waals surface area (Å²) in [4.78, 5) is 23.6. The van der Waals surface area contributed by atoms with E-state index < -0.39 is 11.3 Å². The predicted molar refractivity (Wildman–Crippen MR) is 85.5 cm³/mol. The number of benzene rings is 1. The molecular formula is C12H13I2NO3. The first kappa shape index (κ1) is 15.7. The van der Waals surface area contributed by atoms with Crippen LogP contribution in [0.3, 0.4) is 0 Å². The number of hydrogen-bond acceptors (Lipinski definition) is 3. The average molecular weight is 473 g/mol. The maximum Gasteiger partial charge on any atom is 0.261 e. The van der Waals surface area contributed by atoms with Gasteiger partial charge in [0.05, 0.1) is 9.13 Å². The Morgan fingerprint density at radius 1 is 1.22 bits per heavy atom. The number of phenols is 1. The van der Waals surface area contributed by atoms with Crippen molar-refractivity contribution in [2.75, 3.05) is 0 Å². The lowest BCUT2D eigenvalue weighted by atomic mass is 9.95. The molecule has 0 bridgehead atoms. The Labute approximate surface area is 133 Å². The molecule has 1 aromatic rings. The fourth-order valence-corrected chi connectivity index (χ4v) is 2.94. The van der Waals surface area contributed by atoms with Gasteiger partial charge in [-0.05, 0) is 57.3 Å². The fourth-order valence-electron chi connectivity index (χ4n) is 1.10. The van der Waals surface area contributed by atoms with Crippen LogP contribution in [0.5, 0.6) is 5.75 Å². The van der Waals surface area contributed by atoms with E-state index >= 15 is 0 Å². The van der Waals surface area contributed by atoms with Crippen LogP contribution in [-0.2, 0) is 4.79 Å². The molecule has 0 unspecified atom stereocenters. The van der Waals surface area contributed by atoms with Crippen LogP contribution in [0.4, 0.5) is 0 Å². The quantitative estimate of drug-likeness (QED) is 0.617. The molecule has 6 heteroatoms. The normalized spacial score (nSPS) is 11.2. The van der Waals surface area contributed by atoms with Crippen LogP contribution >= 0.6 is 45.2 Å². The molecule has 0 heterocycles. The number of carbonyl (C=O) groups is 2. The monoisotopic (exact) mass is 473 g/mol. The van der Waals surface area contributed by atoms with Crippen LogP contribution < -0.4 is 5.32 Å². The molecular weight excluding hydrogens is 460 g/mol. The SMILES string of the molecule is CC(C)(C)C(=O)NC(=O)c1cc(I)cc(I)c1O. The van der Waals surface area contributed by atoms with Gasteiger partial charge in [-0.15, -0.1) is 0 Å². The van der Waals surface area contributed by atoms with Gasteiger partial charge < -0.3 is 5.11 Å². The predicted octanol–water partition coefficient (Wildman–Crippen LogP) is 2.90. The lowest BCUT2D eigenvalue weighted by Crippen LogP contribution is -2.39. The van der Waals surface area contributed by atoms with Crippen molar-refractivity contribution >= 4 is 57.0 Å². The average Bonchev–Trinajstić information content (AvgIpc) is 2.21. The largest absolute Gasteiger partial charge is 0.506 e. The number of amides is 2. The molecule has 0 aliphatic rings. The summed E-state index contributed by atoms with van der Waals surface area (Å²) in [5.74, 6) is -1.06. The third-order valence-corrected chi connectivity index (χ3v) is 3.63. The Morgan fingerprint density at radius 2 is 1.78 bits per heavy atom. The van der Waals surface area contributed by atoms with Crippen LogP contribution in [0.25, 0.3) is 0 Å². The van der Waals surface area contributed by atoms with E-state index in [2.05, 4.69) is 27.9 Å². The Bertz CT molecular complexity index is 507. The molecule has 4 nitrogen and oxygen atoms in total. The van der Waals surface area contributed by atoms with E-state index in [-0.39, 0.29) is 17.2 Å². The zero-order valence-corrected chi connectivity index (χ0v) is 14.5. The van der Waals surface area contributed by atoms with Crippen molar-refractivity contribution in [1.82, 2.24) is 5.32 Å². The van der Waals surface area contributed by atoms with E-state index in [0.717, 1.165) is 3.57 Å². The van der Waals surface area contributed by atoms with E-state index in [1.54, 1.807) is 32.9 Å². The molecule has 1 rings (SSSR count). The van der Waals surface area contributed by atoms with Crippen molar-refractivity contribution < 1.29 is 14.7 Å². The van der Waals surface area contributed by atoms with Crippen molar-refractivity contribution in [2.24, 2.45) is 5.41 Å². The second kappa shape index (κ2) is 5.72. The van der Waals surface area contributed by atoms with Crippen LogP contribution in [-0.4, -0.2) is 16.9 Å². The smallest absolute Gasteiger partial charge is 0.261 e. The van der Waals surface area contributed by atoms with Crippen molar-refractivity contribution in [2.45, 2.75) is 20.8 Å². The van der Waals surface area contributed by atoms with Gasteiger partial charge >= 0.3 is 0 Å². The molecule has 0 saturated heterocycles. The summed E-state index contributed by atoms with van der Waals surface area (Å²) in [6.07, 6.45) is 0. The molecule has 0 radical (unpaired) electrons. The minimum Gasteiger partial charge on any atom is -0.506 e. The van der Waals surface area contributed by atoms with Crippen molar-refractivity contribution in [3.8, 4) is 5.75 Å². The van der Waals surface area contributed by atoms with Gasteiger partial charge in [-0.1, -0.05) is 20.8 Å². The fraction of sp³-hybridized carbons (Fsp3) is 0.333. The van der Waals surface area contributed by atoms with E-state index in [1.807, 2.05) is 22.6 Å². The molecule has 2 N–H and O–H groups in total. The van der Waals surface area contributed by atoms with Gasteiger partial charge in [0.2, 0.25) is 5.91 Å². The lowest BCUT2D eigenvalue weighted by Gasteiger charge is -2.17. The van der Waals surface area contributed by atoms with E-state index in [9.17, 15) is 14.7 Å². The van der Waals surface area contributed by atoms with Crippen LogP contribution in [0.15, 0.2) is 12.1 Å². The van der Waals surface area contributed by atoms with Crippen LogP contribution in [0.2, 0.25) is 0 Å². The lowest BCUT2D eigenvalue weighted by molar-refractivity contribution is -0.127. The van der Waals surface area contributed by atoms with E-state index in [4.69, 9.17) is 0 Å². The molecule has 0 spiro atoms. The molecule has 98 valence electrons. The second-order valence-electron chi connectivity index (χ2n) is 4.82. The van der Waals surface area contributed by atoms with Crippen LogP contribution in [0, 0.1) is 12.6 Å². The highest BCUT2D eigenvalue weighted by Gasteiger charge is 2.25. The summed E-state index contributed by atoms with van der Waals surface area (Å²) in [6, 6.07) is 3.29. The van der Waals surface area contributed by atoms with Gasteiger partial charge in [0.15, 0.2) is 0 Å². The Kier molecular flexibility index (Phi) is 4.98. The van der Waals surface area contributed by atoms with Crippen molar-refractivity contribution in [3.63, 3.8) is 0 Å². The Hall–Kier alpha value is -0.380. The molecule has 0 atom stereocenters. The summed E-state index contributed by atoms with van der Waals surface area (Å²) < 4.78 is 1.40. The Balaban J connectivity index is 3.03. The molecule has 0 aliphatic carbocycles. The molecule has 18 heavy (non-hydrogen) atoms. The van der Waals surface area contributed by atoms with Crippen molar-refractivity contribution in [1.29, 1.82) is 0 Å². The third-order valence-electron chi connectivity index (χ3n) is 2.18. The number of nitrogens with one attached hydrogen (secondary N) is 1. The number of imide groups is 1. The minimum atomic E-state index is -0.652. The first-order valence-corrected chi connectivity index (χ1v) is 7.32. The van der Waals surface area contributed by atoms with Gasteiger partial charge in [0.1, 0.15) is 5.75 Å². The second-order valence-corrected chi connectivity index (χ2v) is 7.22. The number of hydrogen-bond donors (Lipinski definition) is 2. The maximum atomic E-state index is 11.9. The number of halogens is 2. The highest BCUT2D eigenvalue weighted by Crippen LogP contribution is 2.27. The molecule has 0 fully saturated rings. The minimum absolute atomic E-state index is 0.102. The zero-order valence-electron chi connectivity index (χ0n) is 10.2. The highest BCUT2D eigenvalue weighted by molar-refractivity contribution is 14.1. The molecule has 0 saturated carbocycles. The van der Waals surface area contributed by atoms with Gasteiger partial charge in [-0.2, -0.15) is 0 Å². The standard InChI is InChI=1S/C12H13I2NO3/c1-12(2,3)11(18)15-10(17)7-4-6(13)5-8(14)9(7)16/h4-5,16H,1-3H3,(H,15,17,18). The van der Waals surface area contributed by atoms with Gasteiger partial charge in [0.25, 0.3) is 5.91 Å². The molecule has 0 aromatic heterocycles. The van der Waals surface area contributed by atoms with Crippen LogP contribution in [0.1, 0.15) is 31.1 Å². The number of aromatic hydroxyl groups is 1. The van der Waals surface area contributed by atoms with Gasteiger partial charge in [-0.3, -0.25) is 14.9 Å². The molecule has 1 aromatic carbocycles. The van der Waals surface area contributed by atoms with E-state index in [0.29, 0.717) is 3.57 Å². The molecule has 0 aliphatic heterocycles. The summed E-state index contributed by atoms with van der Waals surface area (Å²) in [7, 11) is 0. The number of phenolic OH excluding ortho intramolecular Hbond substituents is 1. The number of carbonyl (C=O) groups excluding carboxylic acids is 2. The first-order valence-electron chi connectivity index (χ1n) is 5.16. The highest BCUT2D eigenvalue weighted by atomic mass is 127. The van der Waals surface area contributed by atoms with E-state index in [1.165, 1.54) is 0 Å². The number of rotatable bonds is 1. The third kappa shape index (κ3) is 3.81. The topological polar surface area (TPSA) is 66.4 Å². The summed E-state index contributed by atoms with van der Waals surface area (Å²) in [5, 5.41) is 12.1. The summed E-state index contributed by atoms with van der Waals surface area (Å²) in [6.45, 7) is 5.15. The summed E-state index contributed by atoms with van der Waals surface area (Å²) >= 11 is 3.99. The summed E-state index contributed by atoms with van der Waals surface area (Å²) in [5.41, 5.74) is -0.538. The first-order chi connectivity index (χ1) is 8.12. The van der Waals surface area contributed by atoms with Crippen molar-refractivity contribution in [3.05, 3.63) is 24.8 Å². The van der Waals surface area contributed by atoms with Gasteiger partial charge in [-0.25, -0.2) is 0 Å². The molecule has 2 amide bonds. The zero-order chi connectivity index (χ0) is 14.1. The van der Waals surface area contributed by atoms with Gasteiger partial charge in [0, 0.05) is 8.99 Å².